The molecule has 1 saturated heterocycles. The standard InChI is InChI=1S/C13H16N4O2/c1-19-13(18)12-4-2-3-10(16-12)9-17-6-5-15-8-11(17)7-14/h2-4,11,15H,5-6,8-9H2,1H3. The third kappa shape index (κ3) is 3.28. The van der Waals surface area contributed by atoms with Gasteiger partial charge >= 0.3 is 5.97 Å². The lowest BCUT2D eigenvalue weighted by atomic mass is 10.2. The molecular formula is C13H16N4O2. The summed E-state index contributed by atoms with van der Waals surface area (Å²) in [5.41, 5.74) is 1.06. The summed E-state index contributed by atoms with van der Waals surface area (Å²) in [4.78, 5) is 17.7. The molecule has 6 nitrogen and oxygen atoms in total. The lowest BCUT2D eigenvalue weighted by Gasteiger charge is -2.31. The van der Waals surface area contributed by atoms with Crippen molar-refractivity contribution in [3.63, 3.8) is 0 Å². The third-order valence-corrected chi connectivity index (χ3v) is 3.07. The monoisotopic (exact) mass is 260 g/mol. The number of carbonyl (C=O) groups excluding carboxylic acids is 1. The summed E-state index contributed by atoms with van der Waals surface area (Å²) in [6, 6.07) is 7.36. The van der Waals surface area contributed by atoms with Gasteiger partial charge in [0.15, 0.2) is 0 Å². The van der Waals surface area contributed by atoms with Crippen molar-refractivity contribution in [1.82, 2.24) is 15.2 Å². The smallest absolute Gasteiger partial charge is 0.356 e. The minimum atomic E-state index is -0.445. The van der Waals surface area contributed by atoms with Crippen LogP contribution in [0.3, 0.4) is 0 Å². The van der Waals surface area contributed by atoms with E-state index in [1.165, 1.54) is 7.11 Å². The molecule has 1 fully saturated rings. The molecule has 1 aromatic heterocycles. The Morgan fingerprint density at radius 3 is 3.26 bits per heavy atom. The van der Waals surface area contributed by atoms with Crippen molar-refractivity contribution in [2.45, 2.75) is 12.6 Å². The summed E-state index contributed by atoms with van der Waals surface area (Å²) in [7, 11) is 1.33. The van der Waals surface area contributed by atoms with E-state index in [1.807, 2.05) is 6.07 Å². The number of nitriles is 1. The number of ether oxygens (including phenoxy) is 1. The highest BCUT2D eigenvalue weighted by atomic mass is 16.5. The molecule has 0 aliphatic carbocycles. The minimum Gasteiger partial charge on any atom is -0.464 e. The quantitative estimate of drug-likeness (QED) is 0.780. The highest BCUT2D eigenvalue weighted by molar-refractivity contribution is 5.87. The number of rotatable bonds is 3. The largest absolute Gasteiger partial charge is 0.464 e. The molecule has 1 atom stereocenters. The van der Waals surface area contributed by atoms with E-state index in [9.17, 15) is 4.79 Å². The SMILES string of the molecule is COC(=O)c1cccc(CN2CCNCC2C#N)n1. The molecule has 2 heterocycles. The second-order valence-corrected chi connectivity index (χ2v) is 4.33. The molecule has 0 bridgehead atoms. The highest BCUT2D eigenvalue weighted by Gasteiger charge is 2.22. The molecule has 1 N–H and O–H groups in total. The topological polar surface area (TPSA) is 78.2 Å². The van der Waals surface area contributed by atoms with Crippen molar-refractivity contribution in [2.75, 3.05) is 26.7 Å². The Kier molecular flexibility index (Phi) is 4.44. The first-order valence-corrected chi connectivity index (χ1v) is 6.13. The zero-order valence-corrected chi connectivity index (χ0v) is 10.8. The number of hydrogen-bond donors (Lipinski definition) is 1. The van der Waals surface area contributed by atoms with E-state index >= 15 is 0 Å². The molecule has 6 heteroatoms. The van der Waals surface area contributed by atoms with Crippen LogP contribution in [-0.4, -0.2) is 48.6 Å². The van der Waals surface area contributed by atoms with E-state index in [-0.39, 0.29) is 6.04 Å². The Hall–Kier alpha value is -1.97. The number of carbonyl (C=O) groups is 1. The third-order valence-electron chi connectivity index (χ3n) is 3.07. The molecule has 1 aliphatic heterocycles. The second-order valence-electron chi connectivity index (χ2n) is 4.33. The summed E-state index contributed by atoms with van der Waals surface area (Å²) in [5.74, 6) is -0.445. The summed E-state index contributed by atoms with van der Waals surface area (Å²) < 4.78 is 4.65. The van der Waals surface area contributed by atoms with Crippen LogP contribution in [0.25, 0.3) is 0 Å². The number of esters is 1. The van der Waals surface area contributed by atoms with Crippen LogP contribution in [-0.2, 0) is 11.3 Å². The highest BCUT2D eigenvalue weighted by Crippen LogP contribution is 2.09. The Bertz CT molecular complexity index is 498. The predicted octanol–water partition coefficient (Wildman–Crippen LogP) is 0.166. The molecule has 1 aliphatic rings. The number of methoxy groups -OCH3 is 1. The van der Waals surface area contributed by atoms with Gasteiger partial charge in [-0.05, 0) is 12.1 Å². The van der Waals surface area contributed by atoms with Crippen LogP contribution < -0.4 is 5.32 Å². The van der Waals surface area contributed by atoms with Crippen LogP contribution in [0.15, 0.2) is 18.2 Å². The van der Waals surface area contributed by atoms with Crippen LogP contribution >= 0.6 is 0 Å². The minimum absolute atomic E-state index is 0.155. The molecule has 1 aromatic rings. The van der Waals surface area contributed by atoms with Gasteiger partial charge in [-0.2, -0.15) is 5.26 Å². The lowest BCUT2D eigenvalue weighted by molar-refractivity contribution is 0.0593. The normalized spacial score (nSPS) is 19.7. The van der Waals surface area contributed by atoms with Gasteiger partial charge in [-0.25, -0.2) is 9.78 Å². The number of pyridine rings is 1. The van der Waals surface area contributed by atoms with Gasteiger partial charge in [-0.1, -0.05) is 6.07 Å². The van der Waals surface area contributed by atoms with Crippen molar-refractivity contribution in [1.29, 1.82) is 5.26 Å². The molecule has 2 rings (SSSR count). The number of hydrogen-bond acceptors (Lipinski definition) is 6. The molecule has 1 unspecified atom stereocenters. The summed E-state index contributed by atoms with van der Waals surface area (Å²) >= 11 is 0. The maximum absolute atomic E-state index is 11.4. The first kappa shape index (κ1) is 13.5. The van der Waals surface area contributed by atoms with Gasteiger partial charge in [0.25, 0.3) is 0 Å². The van der Waals surface area contributed by atoms with Crippen molar-refractivity contribution < 1.29 is 9.53 Å². The molecule has 100 valence electrons. The number of nitrogens with one attached hydrogen (secondary N) is 1. The Morgan fingerprint density at radius 2 is 2.53 bits per heavy atom. The van der Waals surface area contributed by atoms with Crippen LogP contribution in [0.5, 0.6) is 0 Å². The fourth-order valence-electron chi connectivity index (χ4n) is 2.06. The fraction of sp³-hybridized carbons (Fsp3) is 0.462. The Balaban J connectivity index is 2.10. The number of nitrogens with zero attached hydrogens (tertiary/aromatic N) is 3. The second kappa shape index (κ2) is 6.27. The van der Waals surface area contributed by atoms with Gasteiger partial charge in [-0.15, -0.1) is 0 Å². The van der Waals surface area contributed by atoms with E-state index in [1.54, 1.807) is 12.1 Å². The van der Waals surface area contributed by atoms with E-state index in [2.05, 4.69) is 26.0 Å². The number of aromatic nitrogens is 1. The van der Waals surface area contributed by atoms with Gasteiger partial charge < -0.3 is 10.1 Å². The van der Waals surface area contributed by atoms with Gasteiger partial charge in [0.1, 0.15) is 11.7 Å². The predicted molar refractivity (Wildman–Crippen MR) is 68.3 cm³/mol. The molecule has 0 aromatic carbocycles. The van der Waals surface area contributed by atoms with Gasteiger partial charge in [0.2, 0.25) is 0 Å². The maximum Gasteiger partial charge on any atom is 0.356 e. The molecule has 0 saturated carbocycles. The first-order valence-electron chi connectivity index (χ1n) is 6.13. The molecular weight excluding hydrogens is 244 g/mol. The van der Waals surface area contributed by atoms with E-state index in [0.717, 1.165) is 18.8 Å². The summed E-state index contributed by atoms with van der Waals surface area (Å²) in [6.45, 7) is 2.87. The van der Waals surface area contributed by atoms with Crippen molar-refractivity contribution in [2.24, 2.45) is 0 Å². The zero-order valence-electron chi connectivity index (χ0n) is 10.8. The molecule has 0 radical (unpaired) electrons. The zero-order chi connectivity index (χ0) is 13.7. The van der Waals surface area contributed by atoms with Crippen molar-refractivity contribution >= 4 is 5.97 Å². The van der Waals surface area contributed by atoms with Crippen LogP contribution in [0, 0.1) is 11.3 Å². The summed E-state index contributed by atoms with van der Waals surface area (Å²) in [6.07, 6.45) is 0. The first-order chi connectivity index (χ1) is 9.24. The van der Waals surface area contributed by atoms with E-state index < -0.39 is 5.97 Å². The van der Waals surface area contributed by atoms with Crippen molar-refractivity contribution in [3.05, 3.63) is 29.6 Å². The van der Waals surface area contributed by atoms with Crippen LogP contribution in [0.4, 0.5) is 0 Å². The van der Waals surface area contributed by atoms with Crippen LogP contribution in [0.1, 0.15) is 16.2 Å². The molecule has 0 spiro atoms. The summed E-state index contributed by atoms with van der Waals surface area (Å²) in [5, 5.41) is 12.3. The Morgan fingerprint density at radius 1 is 1.68 bits per heavy atom. The van der Waals surface area contributed by atoms with E-state index in [4.69, 9.17) is 5.26 Å². The van der Waals surface area contributed by atoms with Gasteiger partial charge in [0, 0.05) is 26.2 Å². The Labute approximate surface area is 112 Å². The lowest BCUT2D eigenvalue weighted by Crippen LogP contribution is -2.50. The van der Waals surface area contributed by atoms with Gasteiger partial charge in [-0.3, -0.25) is 4.90 Å². The van der Waals surface area contributed by atoms with Gasteiger partial charge in [0.05, 0.1) is 18.9 Å². The number of piperazine rings is 1. The van der Waals surface area contributed by atoms with E-state index in [0.29, 0.717) is 18.8 Å². The maximum atomic E-state index is 11.4. The average Bonchev–Trinajstić information content (AvgIpc) is 2.47. The molecule has 0 amide bonds. The fourth-order valence-corrected chi connectivity index (χ4v) is 2.06. The molecule has 19 heavy (non-hydrogen) atoms. The van der Waals surface area contributed by atoms with Crippen LogP contribution in [0.2, 0.25) is 0 Å². The average molecular weight is 260 g/mol. The van der Waals surface area contributed by atoms with Crippen molar-refractivity contribution in [3.8, 4) is 6.07 Å².